The van der Waals surface area contributed by atoms with E-state index in [4.69, 9.17) is 26.3 Å². The predicted octanol–water partition coefficient (Wildman–Crippen LogP) is 5.24. The van der Waals surface area contributed by atoms with Gasteiger partial charge in [-0.1, -0.05) is 17.7 Å². The fourth-order valence-corrected chi connectivity index (χ4v) is 5.95. The Morgan fingerprint density at radius 3 is 2.76 bits per heavy atom. The van der Waals surface area contributed by atoms with Gasteiger partial charge in [0, 0.05) is 47.3 Å². The quantitative estimate of drug-likeness (QED) is 0.405. The van der Waals surface area contributed by atoms with Crippen LogP contribution in [0, 0.1) is 0 Å². The maximum atomic E-state index is 11.3. The van der Waals surface area contributed by atoms with E-state index < -0.39 is 0 Å². The van der Waals surface area contributed by atoms with Crippen molar-refractivity contribution >= 4 is 40.8 Å². The molecule has 0 saturated carbocycles. The highest BCUT2D eigenvalue weighted by atomic mass is 35.5. The number of methoxy groups -OCH3 is 1. The molecule has 1 fully saturated rings. The van der Waals surface area contributed by atoms with Crippen LogP contribution < -0.4 is 5.32 Å². The molecule has 0 aromatic heterocycles. The van der Waals surface area contributed by atoms with Crippen LogP contribution in [0.4, 0.5) is 11.4 Å². The largest absolute Gasteiger partial charge is 0.507 e. The molecule has 4 aliphatic rings. The first-order chi connectivity index (χ1) is 18.1. The SMILES string of the molecule is COC1=NC2C(=Nc3cc(Cl)ccc3C2Nc2cc(CN3CCCC3)c(O)c(C[N+]3=CCCC3)c2)C=C1. The number of halogens is 1. The Bertz CT molecular complexity index is 1330. The van der Waals surface area contributed by atoms with E-state index in [2.05, 4.69) is 33.1 Å². The van der Waals surface area contributed by atoms with Crippen LogP contribution in [0.25, 0.3) is 0 Å². The van der Waals surface area contributed by atoms with Crippen molar-refractivity contribution in [2.45, 2.75) is 50.9 Å². The summed E-state index contributed by atoms with van der Waals surface area (Å²) in [5.41, 5.74) is 5.64. The maximum Gasteiger partial charge on any atom is 0.209 e. The third-order valence-corrected chi connectivity index (χ3v) is 7.90. The molecule has 37 heavy (non-hydrogen) atoms. The third kappa shape index (κ3) is 5.03. The van der Waals surface area contributed by atoms with Gasteiger partial charge >= 0.3 is 0 Å². The van der Waals surface area contributed by atoms with Crippen molar-refractivity contribution in [3.63, 3.8) is 0 Å². The first-order valence-corrected chi connectivity index (χ1v) is 13.5. The van der Waals surface area contributed by atoms with E-state index in [9.17, 15) is 5.11 Å². The smallest absolute Gasteiger partial charge is 0.209 e. The monoisotopic (exact) mass is 518 g/mol. The van der Waals surface area contributed by atoms with Crippen LogP contribution >= 0.6 is 11.6 Å². The second kappa shape index (κ2) is 10.3. The van der Waals surface area contributed by atoms with Crippen LogP contribution in [-0.4, -0.2) is 65.2 Å². The van der Waals surface area contributed by atoms with Crippen molar-refractivity contribution in [1.29, 1.82) is 0 Å². The van der Waals surface area contributed by atoms with Gasteiger partial charge in [-0.3, -0.25) is 9.89 Å². The summed E-state index contributed by atoms with van der Waals surface area (Å²) in [6.07, 6.45) is 10.8. The Kier molecular flexibility index (Phi) is 6.74. The number of dihydropyridines is 1. The molecule has 4 heterocycles. The number of phenols is 1. The van der Waals surface area contributed by atoms with Gasteiger partial charge in [0.2, 0.25) is 5.90 Å². The van der Waals surface area contributed by atoms with Gasteiger partial charge in [0.05, 0.1) is 30.1 Å². The molecule has 6 rings (SSSR count). The highest BCUT2D eigenvalue weighted by molar-refractivity contribution is 6.31. The number of rotatable bonds is 6. The molecule has 0 spiro atoms. The summed E-state index contributed by atoms with van der Waals surface area (Å²) in [6.45, 7) is 4.63. The van der Waals surface area contributed by atoms with E-state index in [1.54, 1.807) is 7.11 Å². The molecule has 0 radical (unpaired) electrons. The van der Waals surface area contributed by atoms with Crippen LogP contribution in [0.3, 0.4) is 0 Å². The van der Waals surface area contributed by atoms with E-state index in [1.807, 2.05) is 30.4 Å². The zero-order valence-electron chi connectivity index (χ0n) is 21.2. The standard InChI is InChI=1S/C29H32ClN5O2/c1-37-26-9-8-24-28(33-26)27(23-7-6-21(30)16-25(23)32-24)31-22-14-19(17-34-10-2-3-11-34)29(36)20(15-22)18-35-12-4-5-13-35/h6-10,14-16,27-28H,2-5,11-13,17-18H2,1H3,(H-,31,32,33,36)/p+1. The number of nitrogens with one attached hydrogen (secondary N) is 1. The van der Waals surface area contributed by atoms with E-state index >= 15 is 0 Å². The first kappa shape index (κ1) is 24.2. The highest BCUT2D eigenvalue weighted by Gasteiger charge is 2.35. The Hall–Kier alpha value is -3.16. The Morgan fingerprint density at radius 1 is 1.14 bits per heavy atom. The molecular formula is C29H33ClN5O2+. The zero-order valence-corrected chi connectivity index (χ0v) is 21.9. The Balaban J connectivity index is 1.39. The van der Waals surface area contributed by atoms with Crippen molar-refractivity contribution in [1.82, 2.24) is 4.90 Å². The molecule has 2 atom stereocenters. The number of benzene rings is 2. The van der Waals surface area contributed by atoms with Crippen molar-refractivity contribution < 1.29 is 14.4 Å². The summed E-state index contributed by atoms with van der Waals surface area (Å²) in [5.74, 6) is 0.995. The number of phenolic OH excluding ortho intramolecular Hbond substituents is 1. The highest BCUT2D eigenvalue weighted by Crippen LogP contribution is 2.40. The minimum absolute atomic E-state index is 0.162. The van der Waals surface area contributed by atoms with Gasteiger partial charge in [-0.25, -0.2) is 9.57 Å². The number of ether oxygens (including phenoxy) is 1. The number of nitrogens with zero attached hydrogens (tertiary/aromatic N) is 4. The zero-order chi connectivity index (χ0) is 25.4. The normalized spacial score (nSPS) is 22.7. The van der Waals surface area contributed by atoms with Gasteiger partial charge in [-0.2, -0.15) is 0 Å². The topological polar surface area (TPSA) is 72.5 Å². The third-order valence-electron chi connectivity index (χ3n) is 7.66. The summed E-state index contributed by atoms with van der Waals surface area (Å²) in [4.78, 5) is 12.1. The van der Waals surface area contributed by atoms with Crippen LogP contribution in [0.5, 0.6) is 5.75 Å². The average Bonchev–Trinajstić information content (AvgIpc) is 3.61. The predicted molar refractivity (Wildman–Crippen MR) is 149 cm³/mol. The Labute approximate surface area is 222 Å². The molecule has 1 saturated heterocycles. The summed E-state index contributed by atoms with van der Waals surface area (Å²) in [6, 6.07) is 9.63. The molecule has 2 unspecified atom stereocenters. The van der Waals surface area contributed by atoms with E-state index in [-0.39, 0.29) is 12.1 Å². The van der Waals surface area contributed by atoms with E-state index in [0.29, 0.717) is 23.2 Å². The van der Waals surface area contributed by atoms with E-state index in [0.717, 1.165) is 72.8 Å². The molecule has 0 amide bonds. The summed E-state index contributed by atoms with van der Waals surface area (Å²) < 4.78 is 7.77. The summed E-state index contributed by atoms with van der Waals surface area (Å²) >= 11 is 6.33. The molecule has 7 nitrogen and oxygen atoms in total. The van der Waals surface area contributed by atoms with Crippen LogP contribution in [-0.2, 0) is 17.8 Å². The van der Waals surface area contributed by atoms with Crippen LogP contribution in [0.15, 0.2) is 52.5 Å². The van der Waals surface area contributed by atoms with Crippen LogP contribution in [0.1, 0.15) is 48.4 Å². The molecule has 4 aliphatic heterocycles. The lowest BCUT2D eigenvalue weighted by atomic mass is 9.89. The fraction of sp³-hybridized carbons (Fsp3) is 0.414. The molecule has 192 valence electrons. The summed E-state index contributed by atoms with van der Waals surface area (Å²) in [7, 11) is 1.64. The lowest BCUT2D eigenvalue weighted by Crippen LogP contribution is -2.36. The number of fused-ring (bicyclic) bond motifs is 2. The minimum Gasteiger partial charge on any atom is -0.507 e. The Morgan fingerprint density at radius 2 is 1.97 bits per heavy atom. The second-order valence-corrected chi connectivity index (χ2v) is 10.7. The molecule has 2 aromatic carbocycles. The molecule has 0 aliphatic carbocycles. The van der Waals surface area contributed by atoms with Crippen molar-refractivity contribution in [3.05, 3.63) is 64.2 Å². The molecule has 2 aromatic rings. The maximum absolute atomic E-state index is 11.3. The number of anilines is 1. The number of likely N-dealkylation sites (tertiary alicyclic amines) is 1. The van der Waals surface area contributed by atoms with Crippen molar-refractivity contribution in [3.8, 4) is 5.75 Å². The van der Waals surface area contributed by atoms with Gasteiger partial charge in [-0.15, -0.1) is 0 Å². The second-order valence-electron chi connectivity index (χ2n) is 10.2. The lowest BCUT2D eigenvalue weighted by molar-refractivity contribution is -0.532. The molecule has 2 N–H and O–H groups in total. The number of aromatic hydroxyl groups is 1. The molecular weight excluding hydrogens is 486 g/mol. The molecule has 8 heteroatoms. The fourth-order valence-electron chi connectivity index (χ4n) is 5.78. The average molecular weight is 519 g/mol. The van der Waals surface area contributed by atoms with E-state index in [1.165, 1.54) is 12.8 Å². The van der Waals surface area contributed by atoms with Crippen molar-refractivity contribution in [2.75, 3.05) is 32.1 Å². The van der Waals surface area contributed by atoms with Gasteiger partial charge in [-0.05, 0) is 56.3 Å². The van der Waals surface area contributed by atoms with Gasteiger partial charge in [0.15, 0.2) is 6.54 Å². The lowest BCUT2D eigenvalue weighted by Gasteiger charge is -2.33. The number of aliphatic imine (C=N–C) groups is 2. The minimum atomic E-state index is -0.236. The summed E-state index contributed by atoms with van der Waals surface area (Å²) in [5, 5.41) is 15.7. The molecule has 0 bridgehead atoms. The van der Waals surface area contributed by atoms with Gasteiger partial charge in [0.25, 0.3) is 0 Å². The van der Waals surface area contributed by atoms with Gasteiger partial charge < -0.3 is 15.2 Å². The first-order valence-electron chi connectivity index (χ1n) is 13.2. The van der Waals surface area contributed by atoms with Crippen molar-refractivity contribution in [2.24, 2.45) is 9.98 Å². The van der Waals surface area contributed by atoms with Crippen LogP contribution in [0.2, 0.25) is 5.02 Å². The number of hydrogen-bond donors (Lipinski definition) is 2. The van der Waals surface area contributed by atoms with Gasteiger partial charge in [0.1, 0.15) is 24.6 Å². The number of hydrogen-bond acceptors (Lipinski definition) is 6.